The molecule has 1 aromatic carbocycles. The minimum atomic E-state index is -0.367. The second kappa shape index (κ2) is 6.91. The van der Waals surface area contributed by atoms with E-state index in [0.29, 0.717) is 9.93 Å². The highest BCUT2D eigenvalue weighted by atomic mass is 35.5. The molecule has 0 unspecified atom stereocenters. The van der Waals surface area contributed by atoms with Gasteiger partial charge in [-0.15, -0.1) is 12.4 Å². The first-order chi connectivity index (χ1) is 10.0. The summed E-state index contributed by atoms with van der Waals surface area (Å²) in [5.74, 6) is -0.367. The first-order valence-corrected chi connectivity index (χ1v) is 7.78. The van der Waals surface area contributed by atoms with Gasteiger partial charge in [-0.3, -0.25) is 14.9 Å². The van der Waals surface area contributed by atoms with Crippen molar-refractivity contribution in [1.29, 1.82) is 0 Å². The molecule has 22 heavy (non-hydrogen) atoms. The van der Waals surface area contributed by atoms with Crippen molar-refractivity contribution in [2.45, 2.75) is 12.5 Å². The molecule has 0 radical (unpaired) electrons. The van der Waals surface area contributed by atoms with Gasteiger partial charge in [0.25, 0.3) is 11.1 Å². The zero-order valence-corrected chi connectivity index (χ0v) is 13.9. The Kier molecular flexibility index (Phi) is 5.39. The highest BCUT2D eigenvalue weighted by Crippen LogP contribution is 2.35. The van der Waals surface area contributed by atoms with Gasteiger partial charge < -0.3 is 10.6 Å². The fourth-order valence-corrected chi connectivity index (χ4v) is 3.51. The minimum Gasteiger partial charge on any atom is -0.368 e. The van der Waals surface area contributed by atoms with E-state index < -0.39 is 0 Å². The Hall–Kier alpha value is -1.21. The van der Waals surface area contributed by atoms with Gasteiger partial charge in [-0.2, -0.15) is 0 Å². The van der Waals surface area contributed by atoms with Gasteiger partial charge in [-0.05, 0) is 30.3 Å². The van der Waals surface area contributed by atoms with Crippen molar-refractivity contribution >= 4 is 58.7 Å². The molecule has 0 spiro atoms. The maximum atomic E-state index is 11.7. The smallest absolute Gasteiger partial charge is 0.290 e. The zero-order chi connectivity index (χ0) is 15.0. The maximum absolute atomic E-state index is 11.7. The van der Waals surface area contributed by atoms with Crippen molar-refractivity contribution in [2.75, 3.05) is 18.0 Å². The fourth-order valence-electron chi connectivity index (χ4n) is 2.53. The van der Waals surface area contributed by atoms with Crippen LogP contribution in [0.15, 0.2) is 23.1 Å². The molecule has 0 bridgehead atoms. The molecule has 0 aliphatic carbocycles. The summed E-state index contributed by atoms with van der Waals surface area (Å²) in [4.78, 5) is 25.4. The number of para-hydroxylation sites is 1. The summed E-state index contributed by atoms with van der Waals surface area (Å²) >= 11 is 7.22. The molecule has 1 atom stereocenters. The van der Waals surface area contributed by atoms with Crippen molar-refractivity contribution < 1.29 is 9.59 Å². The van der Waals surface area contributed by atoms with Crippen LogP contribution in [-0.4, -0.2) is 30.3 Å². The number of hydrogen-bond donors (Lipinski definition) is 2. The Morgan fingerprint density at radius 3 is 2.77 bits per heavy atom. The molecule has 3 rings (SSSR count). The van der Waals surface area contributed by atoms with Crippen LogP contribution < -0.4 is 16.0 Å². The first kappa shape index (κ1) is 17.1. The number of thioether (sulfide) groups is 1. The average molecular weight is 360 g/mol. The molecule has 1 aromatic rings. The van der Waals surface area contributed by atoms with Crippen LogP contribution in [0.2, 0.25) is 5.02 Å². The number of nitrogens with zero attached hydrogens (tertiary/aromatic N) is 1. The molecule has 0 saturated carbocycles. The van der Waals surface area contributed by atoms with E-state index in [2.05, 4.69) is 10.2 Å². The van der Waals surface area contributed by atoms with E-state index in [4.69, 9.17) is 17.3 Å². The fraction of sp³-hybridized carbons (Fsp3) is 0.286. The molecule has 5 nitrogen and oxygen atoms in total. The van der Waals surface area contributed by atoms with Crippen LogP contribution in [0.4, 0.5) is 10.5 Å². The van der Waals surface area contributed by atoms with Crippen molar-refractivity contribution in [1.82, 2.24) is 5.32 Å². The Balaban J connectivity index is 0.00000176. The molecular formula is C14H15Cl2N3O2S. The Morgan fingerprint density at radius 2 is 2.18 bits per heavy atom. The van der Waals surface area contributed by atoms with Crippen LogP contribution in [0.25, 0.3) is 6.08 Å². The number of imide groups is 1. The Labute approximate surface area is 143 Å². The van der Waals surface area contributed by atoms with Gasteiger partial charge in [-0.1, -0.05) is 23.7 Å². The Morgan fingerprint density at radius 1 is 1.41 bits per heavy atom. The summed E-state index contributed by atoms with van der Waals surface area (Å²) in [5, 5.41) is 2.52. The maximum Gasteiger partial charge on any atom is 0.290 e. The molecule has 2 aliphatic heterocycles. The molecular weight excluding hydrogens is 345 g/mol. The quantitative estimate of drug-likeness (QED) is 0.793. The highest BCUT2D eigenvalue weighted by Gasteiger charge is 2.27. The molecule has 118 valence electrons. The van der Waals surface area contributed by atoms with Gasteiger partial charge in [-0.25, -0.2) is 0 Å². The van der Waals surface area contributed by atoms with E-state index in [9.17, 15) is 9.59 Å². The predicted octanol–water partition coefficient (Wildman–Crippen LogP) is 2.62. The number of nitrogens with one attached hydrogen (secondary N) is 1. The summed E-state index contributed by atoms with van der Waals surface area (Å²) in [6, 6.07) is 5.66. The summed E-state index contributed by atoms with van der Waals surface area (Å²) in [5.41, 5.74) is 7.64. The second-order valence-corrected chi connectivity index (χ2v) is 6.45. The number of rotatable bonds is 2. The lowest BCUT2D eigenvalue weighted by molar-refractivity contribution is -0.115. The first-order valence-electron chi connectivity index (χ1n) is 6.58. The normalized spacial score (nSPS) is 22.9. The molecule has 0 aromatic heterocycles. The molecule has 2 saturated heterocycles. The number of amides is 2. The lowest BCUT2D eigenvalue weighted by atomic mass is 10.1. The number of carbonyl (C=O) groups is 2. The van der Waals surface area contributed by atoms with Crippen molar-refractivity contribution in [2.24, 2.45) is 5.73 Å². The van der Waals surface area contributed by atoms with E-state index in [-0.39, 0.29) is 29.6 Å². The number of benzene rings is 1. The van der Waals surface area contributed by atoms with E-state index in [1.54, 1.807) is 6.08 Å². The van der Waals surface area contributed by atoms with Gasteiger partial charge in [0.05, 0.1) is 15.6 Å². The van der Waals surface area contributed by atoms with Crippen molar-refractivity contribution in [3.63, 3.8) is 0 Å². The summed E-state index contributed by atoms with van der Waals surface area (Å²) < 4.78 is 0. The number of carbonyl (C=O) groups excluding carboxylic acids is 2. The SMILES string of the molecule is Cl.N[C@H]1CCN(c2c(Cl)cccc2C=C2SC(=O)NC2=O)C1. The summed E-state index contributed by atoms with van der Waals surface area (Å²) in [6.07, 6.45) is 2.62. The van der Waals surface area contributed by atoms with Gasteiger partial charge in [0.2, 0.25) is 0 Å². The van der Waals surface area contributed by atoms with Crippen molar-refractivity contribution in [3.8, 4) is 0 Å². The van der Waals surface area contributed by atoms with Crippen LogP contribution in [0.5, 0.6) is 0 Å². The van der Waals surface area contributed by atoms with Crippen LogP contribution >= 0.6 is 35.8 Å². The van der Waals surface area contributed by atoms with Crippen LogP contribution in [0.1, 0.15) is 12.0 Å². The van der Waals surface area contributed by atoms with Gasteiger partial charge >= 0.3 is 0 Å². The molecule has 8 heteroatoms. The van der Waals surface area contributed by atoms with Crippen molar-refractivity contribution in [3.05, 3.63) is 33.7 Å². The van der Waals surface area contributed by atoms with Gasteiger partial charge in [0.1, 0.15) is 0 Å². The number of nitrogens with two attached hydrogens (primary N) is 1. The average Bonchev–Trinajstić information content (AvgIpc) is 2.96. The highest BCUT2D eigenvalue weighted by molar-refractivity contribution is 8.18. The van der Waals surface area contributed by atoms with Crippen LogP contribution in [0, 0.1) is 0 Å². The van der Waals surface area contributed by atoms with Crippen LogP contribution in [0.3, 0.4) is 0 Å². The lowest BCUT2D eigenvalue weighted by Gasteiger charge is -2.22. The van der Waals surface area contributed by atoms with E-state index >= 15 is 0 Å². The van der Waals surface area contributed by atoms with E-state index in [1.807, 2.05) is 18.2 Å². The third-order valence-electron chi connectivity index (χ3n) is 3.49. The second-order valence-electron chi connectivity index (χ2n) is 5.02. The standard InChI is InChI=1S/C14H14ClN3O2S.ClH/c15-10-3-1-2-8(6-11-13(19)17-14(20)21-11)12(10)18-5-4-9(16)7-18;/h1-3,6,9H,4-5,7,16H2,(H,17,19,20);1H/t9-;/m0./s1. The molecule has 2 aliphatic rings. The Bertz CT molecular complexity index is 651. The molecule has 2 fully saturated rings. The van der Waals surface area contributed by atoms with Gasteiger partial charge in [0, 0.05) is 24.7 Å². The molecule has 3 N–H and O–H groups in total. The third kappa shape index (κ3) is 3.41. The number of hydrogen-bond acceptors (Lipinski definition) is 5. The zero-order valence-electron chi connectivity index (χ0n) is 11.5. The monoisotopic (exact) mass is 359 g/mol. The minimum absolute atomic E-state index is 0. The number of anilines is 1. The predicted molar refractivity (Wildman–Crippen MR) is 92.6 cm³/mol. The van der Waals surface area contributed by atoms with Crippen LogP contribution in [-0.2, 0) is 4.79 Å². The summed E-state index contributed by atoms with van der Waals surface area (Å²) in [6.45, 7) is 1.57. The van der Waals surface area contributed by atoms with Gasteiger partial charge in [0.15, 0.2) is 0 Å². The summed E-state index contributed by atoms with van der Waals surface area (Å²) in [7, 11) is 0. The lowest BCUT2D eigenvalue weighted by Crippen LogP contribution is -2.27. The van der Waals surface area contributed by atoms with E-state index in [1.165, 1.54) is 0 Å². The third-order valence-corrected chi connectivity index (χ3v) is 4.60. The largest absolute Gasteiger partial charge is 0.368 e. The number of halogens is 2. The molecule has 2 heterocycles. The molecule has 2 amide bonds. The van der Waals surface area contributed by atoms with E-state index in [0.717, 1.165) is 42.5 Å². The topological polar surface area (TPSA) is 75.4 Å².